The largest absolute Gasteiger partial charge is 0.498 e. The van der Waals surface area contributed by atoms with Crippen molar-refractivity contribution >= 4 is 5.97 Å². The lowest BCUT2D eigenvalue weighted by atomic mass is 10.1. The van der Waals surface area contributed by atoms with Crippen LogP contribution in [0.25, 0.3) is 0 Å². The molecule has 0 aliphatic carbocycles. The van der Waals surface area contributed by atoms with Crippen molar-refractivity contribution in [3.8, 4) is 0 Å². The van der Waals surface area contributed by atoms with Crippen LogP contribution in [0.4, 0.5) is 0 Å². The average molecular weight is 200 g/mol. The van der Waals surface area contributed by atoms with Crippen LogP contribution < -0.4 is 0 Å². The maximum absolute atomic E-state index is 11.7. The van der Waals surface area contributed by atoms with Crippen molar-refractivity contribution in [3.63, 3.8) is 0 Å². The minimum atomic E-state index is -1.07. The smallest absolute Gasteiger partial charge is 0.346 e. The molecule has 0 aromatic heterocycles. The molecular formula is C10H16O4. The van der Waals surface area contributed by atoms with Gasteiger partial charge in [-0.15, -0.1) is 0 Å². The minimum Gasteiger partial charge on any atom is -0.498 e. The van der Waals surface area contributed by atoms with Gasteiger partial charge in [0.25, 0.3) is 0 Å². The van der Waals surface area contributed by atoms with E-state index in [4.69, 9.17) is 14.2 Å². The minimum absolute atomic E-state index is 0.151. The molecule has 1 atom stereocenters. The van der Waals surface area contributed by atoms with E-state index >= 15 is 0 Å². The number of rotatable bonds is 3. The predicted octanol–water partition coefficient (Wildman–Crippen LogP) is 1.26. The van der Waals surface area contributed by atoms with Crippen LogP contribution in [0.15, 0.2) is 11.8 Å². The van der Waals surface area contributed by atoms with Gasteiger partial charge in [0.15, 0.2) is 0 Å². The molecule has 0 bridgehead atoms. The Kier molecular flexibility index (Phi) is 3.16. The molecule has 80 valence electrons. The summed E-state index contributed by atoms with van der Waals surface area (Å²) in [7, 11) is 1.52. The molecule has 0 saturated heterocycles. The highest BCUT2D eigenvalue weighted by Gasteiger charge is 2.44. The number of hydrogen-bond acceptors (Lipinski definition) is 4. The Balaban J connectivity index is 2.75. The van der Waals surface area contributed by atoms with Gasteiger partial charge in [-0.1, -0.05) is 0 Å². The fraction of sp³-hybridized carbons (Fsp3) is 0.700. The van der Waals surface area contributed by atoms with E-state index in [-0.39, 0.29) is 6.10 Å². The second-order valence-electron chi connectivity index (χ2n) is 3.57. The van der Waals surface area contributed by atoms with Crippen LogP contribution in [0, 0.1) is 0 Å². The lowest BCUT2D eigenvalue weighted by molar-refractivity contribution is -0.169. The summed E-state index contributed by atoms with van der Waals surface area (Å²) in [6.07, 6.45) is 1.59. The number of carbonyl (C=O) groups excluding carboxylic acids is 1. The Morgan fingerprint density at radius 1 is 1.64 bits per heavy atom. The number of carbonyl (C=O) groups is 1. The van der Waals surface area contributed by atoms with Crippen LogP contribution in [0.2, 0.25) is 0 Å². The summed E-state index contributed by atoms with van der Waals surface area (Å²) in [6, 6.07) is 0. The third-order valence-electron chi connectivity index (χ3n) is 2.06. The first-order valence-corrected chi connectivity index (χ1v) is 4.60. The molecule has 4 nitrogen and oxygen atoms in total. The van der Waals surface area contributed by atoms with Crippen LogP contribution in [0.3, 0.4) is 0 Å². The molecule has 1 aliphatic heterocycles. The summed E-state index contributed by atoms with van der Waals surface area (Å²) >= 11 is 0. The summed E-state index contributed by atoms with van der Waals surface area (Å²) in [5.41, 5.74) is -1.07. The van der Waals surface area contributed by atoms with Crippen LogP contribution in [0.1, 0.15) is 20.8 Å². The van der Waals surface area contributed by atoms with Crippen molar-refractivity contribution < 1.29 is 19.0 Å². The van der Waals surface area contributed by atoms with Gasteiger partial charge >= 0.3 is 5.97 Å². The zero-order chi connectivity index (χ0) is 10.8. The average Bonchev–Trinajstić information content (AvgIpc) is 2.47. The quantitative estimate of drug-likeness (QED) is 0.643. The van der Waals surface area contributed by atoms with Crippen molar-refractivity contribution in [1.82, 2.24) is 0 Å². The lowest BCUT2D eigenvalue weighted by Crippen LogP contribution is -2.40. The van der Waals surface area contributed by atoms with E-state index in [9.17, 15) is 4.79 Å². The first kappa shape index (κ1) is 11.0. The Labute approximate surface area is 83.8 Å². The zero-order valence-corrected chi connectivity index (χ0v) is 8.99. The molecule has 0 aromatic rings. The van der Waals surface area contributed by atoms with Crippen LogP contribution in [-0.2, 0) is 19.0 Å². The van der Waals surface area contributed by atoms with Gasteiger partial charge in [-0.05, 0) is 26.8 Å². The number of esters is 1. The summed E-state index contributed by atoms with van der Waals surface area (Å²) in [5, 5.41) is 0. The second-order valence-corrected chi connectivity index (χ2v) is 3.57. The summed E-state index contributed by atoms with van der Waals surface area (Å²) in [6.45, 7) is 5.63. The first-order chi connectivity index (χ1) is 6.50. The van der Waals surface area contributed by atoms with E-state index in [0.29, 0.717) is 12.4 Å². The lowest BCUT2D eigenvalue weighted by Gasteiger charge is -2.24. The molecule has 0 spiro atoms. The maximum Gasteiger partial charge on any atom is 0.346 e. The summed E-state index contributed by atoms with van der Waals surface area (Å²) < 4.78 is 15.5. The van der Waals surface area contributed by atoms with Crippen molar-refractivity contribution in [2.45, 2.75) is 32.5 Å². The number of ether oxygens (including phenoxy) is 3. The van der Waals surface area contributed by atoms with Crippen molar-refractivity contribution in [1.29, 1.82) is 0 Å². The van der Waals surface area contributed by atoms with Gasteiger partial charge in [0.05, 0.1) is 19.8 Å². The molecule has 1 unspecified atom stereocenters. The molecule has 0 radical (unpaired) electrons. The van der Waals surface area contributed by atoms with Crippen molar-refractivity contribution in [3.05, 3.63) is 11.8 Å². The predicted molar refractivity (Wildman–Crippen MR) is 50.7 cm³/mol. The highest BCUT2D eigenvalue weighted by Crippen LogP contribution is 2.29. The zero-order valence-electron chi connectivity index (χ0n) is 8.99. The molecule has 0 fully saturated rings. The molecule has 0 N–H and O–H groups in total. The standard InChI is InChI=1S/C10H16O4/c1-7(2)14-9(11)10(3)8(12-4)5-6-13-10/h5,7H,6H2,1-4H3. The highest BCUT2D eigenvalue weighted by molar-refractivity contribution is 5.83. The molecule has 14 heavy (non-hydrogen) atoms. The molecule has 1 aliphatic rings. The fourth-order valence-electron chi connectivity index (χ4n) is 1.31. The Bertz CT molecular complexity index is 257. The monoisotopic (exact) mass is 200 g/mol. The SMILES string of the molecule is COC1=CCOC1(C)C(=O)OC(C)C. The third kappa shape index (κ3) is 1.90. The van der Waals surface area contributed by atoms with Gasteiger partial charge in [0.1, 0.15) is 5.76 Å². The first-order valence-electron chi connectivity index (χ1n) is 4.60. The fourth-order valence-corrected chi connectivity index (χ4v) is 1.31. The molecule has 0 aromatic carbocycles. The van der Waals surface area contributed by atoms with E-state index < -0.39 is 11.6 Å². The number of methoxy groups -OCH3 is 1. The highest BCUT2D eigenvalue weighted by atomic mass is 16.6. The van der Waals surface area contributed by atoms with E-state index in [2.05, 4.69) is 0 Å². The normalized spacial score (nSPS) is 26.2. The number of hydrogen-bond donors (Lipinski definition) is 0. The van der Waals surface area contributed by atoms with E-state index in [0.717, 1.165) is 0 Å². The van der Waals surface area contributed by atoms with Gasteiger partial charge in [0, 0.05) is 0 Å². The third-order valence-corrected chi connectivity index (χ3v) is 2.06. The molecule has 0 amide bonds. The van der Waals surface area contributed by atoms with E-state index in [1.165, 1.54) is 7.11 Å². The molecule has 1 heterocycles. The van der Waals surface area contributed by atoms with Gasteiger partial charge in [0.2, 0.25) is 5.60 Å². The van der Waals surface area contributed by atoms with E-state index in [1.807, 2.05) is 0 Å². The van der Waals surface area contributed by atoms with Crippen LogP contribution >= 0.6 is 0 Å². The van der Waals surface area contributed by atoms with Crippen molar-refractivity contribution in [2.24, 2.45) is 0 Å². The Morgan fingerprint density at radius 2 is 2.29 bits per heavy atom. The molecule has 4 heteroatoms. The molecular weight excluding hydrogens is 184 g/mol. The second kappa shape index (κ2) is 4.00. The Hall–Kier alpha value is -1.03. The van der Waals surface area contributed by atoms with Gasteiger partial charge in [-0.3, -0.25) is 0 Å². The van der Waals surface area contributed by atoms with Gasteiger partial charge < -0.3 is 14.2 Å². The van der Waals surface area contributed by atoms with Gasteiger partial charge in [-0.25, -0.2) is 4.79 Å². The molecule has 1 rings (SSSR count). The Morgan fingerprint density at radius 3 is 2.79 bits per heavy atom. The van der Waals surface area contributed by atoms with Crippen LogP contribution in [0.5, 0.6) is 0 Å². The maximum atomic E-state index is 11.7. The van der Waals surface area contributed by atoms with Gasteiger partial charge in [-0.2, -0.15) is 0 Å². The summed E-state index contributed by atoms with van der Waals surface area (Å²) in [4.78, 5) is 11.7. The van der Waals surface area contributed by atoms with E-state index in [1.54, 1.807) is 26.8 Å². The van der Waals surface area contributed by atoms with Crippen LogP contribution in [-0.4, -0.2) is 31.4 Å². The molecule has 0 saturated carbocycles. The summed E-state index contributed by atoms with van der Waals surface area (Å²) in [5.74, 6) is 0.112. The van der Waals surface area contributed by atoms with Crippen molar-refractivity contribution in [2.75, 3.05) is 13.7 Å². The topological polar surface area (TPSA) is 44.8 Å².